The molecule has 1 N–H and O–H groups in total. The molecular formula is C15H10F3NO3. The Balaban J connectivity index is 1.95. The van der Waals surface area contributed by atoms with Gasteiger partial charge in [-0.1, -0.05) is 6.07 Å². The average molecular weight is 309 g/mol. The van der Waals surface area contributed by atoms with Crippen molar-refractivity contribution >= 4 is 10.8 Å². The van der Waals surface area contributed by atoms with E-state index in [0.717, 1.165) is 24.5 Å². The lowest BCUT2D eigenvalue weighted by Gasteiger charge is -2.05. The zero-order valence-corrected chi connectivity index (χ0v) is 11.1. The third kappa shape index (κ3) is 2.69. The molecule has 0 spiro atoms. The molecule has 0 unspecified atom stereocenters. The summed E-state index contributed by atoms with van der Waals surface area (Å²) in [7, 11) is 0. The number of alkyl halides is 3. The van der Waals surface area contributed by atoms with Gasteiger partial charge in [-0.2, -0.15) is 13.2 Å². The number of aromatic hydroxyl groups is 1. The van der Waals surface area contributed by atoms with E-state index in [1.165, 1.54) is 12.3 Å². The van der Waals surface area contributed by atoms with Gasteiger partial charge in [-0.25, -0.2) is 0 Å². The summed E-state index contributed by atoms with van der Waals surface area (Å²) < 4.78 is 44.7. The van der Waals surface area contributed by atoms with Gasteiger partial charge in [0.25, 0.3) is 0 Å². The Hall–Kier alpha value is -2.70. The Morgan fingerprint density at radius 3 is 2.55 bits per heavy atom. The highest BCUT2D eigenvalue weighted by molar-refractivity contribution is 5.83. The van der Waals surface area contributed by atoms with Crippen LogP contribution in [0, 0.1) is 0 Å². The van der Waals surface area contributed by atoms with Gasteiger partial charge in [0.15, 0.2) is 5.75 Å². The number of rotatable bonds is 2. The maximum atomic E-state index is 12.7. The van der Waals surface area contributed by atoms with E-state index in [2.05, 4.69) is 0 Å². The summed E-state index contributed by atoms with van der Waals surface area (Å²) in [5, 5.41) is 10.2. The summed E-state index contributed by atoms with van der Waals surface area (Å²) in [4.78, 5) is 11.3. The molecule has 2 aromatic heterocycles. The minimum atomic E-state index is -4.39. The molecule has 4 nitrogen and oxygen atoms in total. The average Bonchev–Trinajstić information content (AvgIpc) is 2.83. The first-order chi connectivity index (χ1) is 10.3. The van der Waals surface area contributed by atoms with E-state index in [1.807, 2.05) is 0 Å². The van der Waals surface area contributed by atoms with E-state index in [1.54, 1.807) is 10.8 Å². The molecule has 0 saturated heterocycles. The van der Waals surface area contributed by atoms with E-state index < -0.39 is 22.9 Å². The van der Waals surface area contributed by atoms with Crippen LogP contribution in [0.25, 0.3) is 10.8 Å². The molecule has 0 bridgehead atoms. The van der Waals surface area contributed by atoms with Crippen molar-refractivity contribution in [3.05, 3.63) is 64.5 Å². The minimum Gasteiger partial charge on any atom is -0.502 e. The fourth-order valence-electron chi connectivity index (χ4n) is 2.17. The second-order valence-corrected chi connectivity index (χ2v) is 4.87. The normalized spacial score (nSPS) is 12.0. The number of aromatic nitrogens is 1. The molecule has 0 amide bonds. The van der Waals surface area contributed by atoms with Gasteiger partial charge < -0.3 is 14.1 Å². The molecule has 1 aromatic carbocycles. The molecule has 0 radical (unpaired) electrons. The number of nitrogens with zero attached hydrogens (tertiary/aromatic N) is 1. The maximum Gasteiger partial charge on any atom is 0.416 e. The lowest BCUT2D eigenvalue weighted by Crippen LogP contribution is -2.03. The van der Waals surface area contributed by atoms with E-state index in [0.29, 0.717) is 16.5 Å². The van der Waals surface area contributed by atoms with Crippen molar-refractivity contribution in [2.45, 2.75) is 12.7 Å². The van der Waals surface area contributed by atoms with E-state index in [4.69, 9.17) is 9.52 Å². The Bertz CT molecular complexity index is 893. The Kier molecular flexibility index (Phi) is 3.20. The first kappa shape index (κ1) is 14.2. The van der Waals surface area contributed by atoms with Gasteiger partial charge >= 0.3 is 6.18 Å². The Morgan fingerprint density at radius 2 is 1.86 bits per heavy atom. The third-order valence-corrected chi connectivity index (χ3v) is 3.23. The molecule has 3 aromatic rings. The van der Waals surface area contributed by atoms with Crippen LogP contribution in [0.1, 0.15) is 11.3 Å². The topological polar surface area (TPSA) is 55.4 Å². The minimum absolute atomic E-state index is 0.172. The summed E-state index contributed by atoms with van der Waals surface area (Å²) in [6, 6.07) is 4.62. The van der Waals surface area contributed by atoms with E-state index in [-0.39, 0.29) is 6.54 Å². The quantitative estimate of drug-likeness (QED) is 0.789. The van der Waals surface area contributed by atoms with Crippen molar-refractivity contribution in [2.75, 3.05) is 0 Å². The highest BCUT2D eigenvalue weighted by Crippen LogP contribution is 2.31. The van der Waals surface area contributed by atoms with Crippen molar-refractivity contribution in [1.29, 1.82) is 0 Å². The highest BCUT2D eigenvalue weighted by atomic mass is 19.4. The van der Waals surface area contributed by atoms with Gasteiger partial charge in [-0.3, -0.25) is 4.79 Å². The molecule has 0 aliphatic heterocycles. The molecule has 0 aliphatic rings. The van der Waals surface area contributed by atoms with Crippen molar-refractivity contribution < 1.29 is 22.7 Å². The largest absolute Gasteiger partial charge is 0.502 e. The number of hydrogen-bond donors (Lipinski definition) is 1. The summed E-state index contributed by atoms with van der Waals surface area (Å²) in [5.74, 6) is -0.199. The van der Waals surface area contributed by atoms with Crippen molar-refractivity contribution in [3.8, 4) is 5.75 Å². The monoisotopic (exact) mass is 309 g/mol. The van der Waals surface area contributed by atoms with Crippen molar-refractivity contribution in [1.82, 2.24) is 4.57 Å². The number of benzene rings is 1. The van der Waals surface area contributed by atoms with Crippen molar-refractivity contribution in [2.24, 2.45) is 0 Å². The molecule has 0 atom stereocenters. The fraction of sp³-hybridized carbons (Fsp3) is 0.133. The molecule has 114 valence electrons. The maximum absolute atomic E-state index is 12.7. The smallest absolute Gasteiger partial charge is 0.416 e. The van der Waals surface area contributed by atoms with Crippen LogP contribution < -0.4 is 5.43 Å². The summed E-state index contributed by atoms with van der Waals surface area (Å²) in [5.41, 5.74) is -1.29. The van der Waals surface area contributed by atoms with Gasteiger partial charge in [0.1, 0.15) is 12.0 Å². The van der Waals surface area contributed by atoms with Crippen molar-refractivity contribution in [3.63, 3.8) is 0 Å². The molecule has 2 heterocycles. The SMILES string of the molecule is O=c1cc(Cn2cc3ccc(C(F)(F)F)cc3c2)occ1O. The Morgan fingerprint density at radius 1 is 1.14 bits per heavy atom. The molecule has 0 aliphatic carbocycles. The second-order valence-electron chi connectivity index (χ2n) is 4.87. The summed E-state index contributed by atoms with van der Waals surface area (Å²) in [6.45, 7) is 0.172. The van der Waals surface area contributed by atoms with Gasteiger partial charge in [0.05, 0.1) is 12.1 Å². The fourth-order valence-corrected chi connectivity index (χ4v) is 2.17. The van der Waals surface area contributed by atoms with Crippen LogP contribution in [0.15, 0.2) is 52.1 Å². The Labute approximate surface area is 122 Å². The highest BCUT2D eigenvalue weighted by Gasteiger charge is 2.30. The van der Waals surface area contributed by atoms with Crippen LogP contribution in [-0.4, -0.2) is 9.67 Å². The molecular weight excluding hydrogens is 299 g/mol. The lowest BCUT2D eigenvalue weighted by molar-refractivity contribution is -0.137. The molecule has 0 fully saturated rings. The zero-order chi connectivity index (χ0) is 15.9. The van der Waals surface area contributed by atoms with Gasteiger partial charge in [0, 0.05) is 18.5 Å². The van der Waals surface area contributed by atoms with Crippen LogP contribution in [0.2, 0.25) is 0 Å². The predicted molar refractivity (Wildman–Crippen MR) is 72.7 cm³/mol. The van der Waals surface area contributed by atoms with Crippen LogP contribution in [-0.2, 0) is 12.7 Å². The van der Waals surface area contributed by atoms with Crippen LogP contribution in [0.4, 0.5) is 13.2 Å². The van der Waals surface area contributed by atoms with Crippen LogP contribution >= 0.6 is 0 Å². The second kappa shape index (κ2) is 4.94. The lowest BCUT2D eigenvalue weighted by atomic mass is 10.1. The first-order valence-electron chi connectivity index (χ1n) is 6.30. The van der Waals surface area contributed by atoms with E-state index in [9.17, 15) is 18.0 Å². The molecule has 7 heteroatoms. The summed E-state index contributed by atoms with van der Waals surface area (Å²) in [6.07, 6.45) is -0.261. The zero-order valence-electron chi connectivity index (χ0n) is 11.1. The molecule has 22 heavy (non-hydrogen) atoms. The number of fused-ring (bicyclic) bond motifs is 1. The van der Waals surface area contributed by atoms with Gasteiger partial charge in [-0.05, 0) is 22.9 Å². The molecule has 0 saturated carbocycles. The van der Waals surface area contributed by atoms with E-state index >= 15 is 0 Å². The van der Waals surface area contributed by atoms with Crippen LogP contribution in [0.5, 0.6) is 5.75 Å². The first-order valence-corrected chi connectivity index (χ1v) is 6.30. The number of hydrogen-bond acceptors (Lipinski definition) is 3. The standard InChI is InChI=1S/C15H10F3NO3/c16-15(17,18)11-2-1-9-5-19(6-10(9)3-11)7-12-4-13(20)14(21)8-22-12/h1-6,8,21H,7H2. The molecule has 3 rings (SSSR count). The summed E-state index contributed by atoms with van der Waals surface area (Å²) >= 11 is 0. The number of halogens is 3. The third-order valence-electron chi connectivity index (χ3n) is 3.23. The van der Waals surface area contributed by atoms with Gasteiger partial charge in [0.2, 0.25) is 5.43 Å². The van der Waals surface area contributed by atoms with Crippen LogP contribution in [0.3, 0.4) is 0 Å². The predicted octanol–water partition coefficient (Wildman–Crippen LogP) is 3.37. The van der Waals surface area contributed by atoms with Gasteiger partial charge in [-0.15, -0.1) is 0 Å².